The number of ether oxygens (including phenoxy) is 1. The molecule has 3 heteroatoms. The highest BCUT2D eigenvalue weighted by atomic mass is 16.5. The molecule has 1 aromatic heterocycles. The summed E-state index contributed by atoms with van der Waals surface area (Å²) in [4.78, 5) is 15.7. The molecule has 14 heavy (non-hydrogen) atoms. The molecular weight excluding hydrogens is 178 g/mol. The maximum absolute atomic E-state index is 11.4. The third kappa shape index (κ3) is 1.29. The van der Waals surface area contributed by atoms with E-state index in [4.69, 9.17) is 4.74 Å². The molecule has 0 aromatic carbocycles. The van der Waals surface area contributed by atoms with Crippen molar-refractivity contribution < 1.29 is 9.53 Å². The molecule has 0 saturated heterocycles. The second kappa shape index (κ2) is 3.08. The van der Waals surface area contributed by atoms with Gasteiger partial charge < -0.3 is 4.74 Å². The SMILES string of the molecule is COc1ccc(C2(C(C)=O)CC2)nc1. The van der Waals surface area contributed by atoms with E-state index >= 15 is 0 Å². The van der Waals surface area contributed by atoms with Crippen LogP contribution < -0.4 is 4.74 Å². The molecule has 0 N–H and O–H groups in total. The standard InChI is InChI=1S/C11H13NO2/c1-8(13)11(5-6-11)10-4-3-9(14-2)7-12-10/h3-4,7H,5-6H2,1-2H3. The van der Waals surface area contributed by atoms with Crippen LogP contribution in [0, 0.1) is 0 Å². The van der Waals surface area contributed by atoms with Gasteiger partial charge in [0.1, 0.15) is 11.5 Å². The second-order valence-corrected chi connectivity index (χ2v) is 3.72. The molecule has 0 bridgehead atoms. The summed E-state index contributed by atoms with van der Waals surface area (Å²) < 4.78 is 5.02. The van der Waals surface area contributed by atoms with Crippen LogP contribution in [0.25, 0.3) is 0 Å². The van der Waals surface area contributed by atoms with Crippen LogP contribution >= 0.6 is 0 Å². The normalized spacial score (nSPS) is 17.6. The number of aromatic nitrogens is 1. The Labute approximate surface area is 83.1 Å². The molecule has 0 amide bonds. The van der Waals surface area contributed by atoms with Gasteiger partial charge in [-0.15, -0.1) is 0 Å². The Kier molecular flexibility index (Phi) is 2.02. The van der Waals surface area contributed by atoms with Gasteiger partial charge in [-0.25, -0.2) is 0 Å². The molecule has 0 aliphatic heterocycles. The van der Waals surface area contributed by atoms with E-state index < -0.39 is 0 Å². The van der Waals surface area contributed by atoms with Crippen molar-refractivity contribution in [2.75, 3.05) is 7.11 Å². The summed E-state index contributed by atoms with van der Waals surface area (Å²) in [6, 6.07) is 3.73. The maximum Gasteiger partial charge on any atom is 0.141 e. The smallest absolute Gasteiger partial charge is 0.141 e. The van der Waals surface area contributed by atoms with Gasteiger partial charge in [-0.2, -0.15) is 0 Å². The van der Waals surface area contributed by atoms with Crippen LogP contribution in [-0.4, -0.2) is 17.9 Å². The molecule has 0 spiro atoms. The molecule has 1 saturated carbocycles. The molecule has 1 aliphatic carbocycles. The fraction of sp³-hybridized carbons (Fsp3) is 0.455. The highest BCUT2D eigenvalue weighted by Crippen LogP contribution is 2.48. The zero-order valence-corrected chi connectivity index (χ0v) is 8.41. The molecule has 1 heterocycles. The number of carbonyl (C=O) groups excluding carboxylic acids is 1. The third-order valence-electron chi connectivity index (χ3n) is 2.89. The number of methoxy groups -OCH3 is 1. The van der Waals surface area contributed by atoms with Crippen LogP contribution in [0.15, 0.2) is 18.3 Å². The second-order valence-electron chi connectivity index (χ2n) is 3.72. The summed E-state index contributed by atoms with van der Waals surface area (Å²) in [7, 11) is 1.61. The van der Waals surface area contributed by atoms with E-state index in [0.717, 1.165) is 24.3 Å². The molecule has 0 unspecified atom stereocenters. The lowest BCUT2D eigenvalue weighted by Crippen LogP contribution is -2.18. The van der Waals surface area contributed by atoms with Gasteiger partial charge in [0, 0.05) is 0 Å². The quantitative estimate of drug-likeness (QED) is 0.730. The van der Waals surface area contributed by atoms with E-state index in [1.165, 1.54) is 0 Å². The van der Waals surface area contributed by atoms with E-state index in [1.54, 1.807) is 20.2 Å². The monoisotopic (exact) mass is 191 g/mol. The number of ketones is 1. The van der Waals surface area contributed by atoms with Gasteiger partial charge >= 0.3 is 0 Å². The van der Waals surface area contributed by atoms with Crippen LogP contribution in [-0.2, 0) is 10.2 Å². The highest BCUT2D eigenvalue weighted by Gasteiger charge is 2.49. The summed E-state index contributed by atoms with van der Waals surface area (Å²) in [5.74, 6) is 0.947. The first-order valence-electron chi connectivity index (χ1n) is 4.70. The minimum Gasteiger partial charge on any atom is -0.495 e. The molecule has 3 nitrogen and oxygen atoms in total. The number of hydrogen-bond donors (Lipinski definition) is 0. The van der Waals surface area contributed by atoms with Gasteiger partial charge in [0.2, 0.25) is 0 Å². The average molecular weight is 191 g/mol. The lowest BCUT2D eigenvalue weighted by molar-refractivity contribution is -0.119. The summed E-state index contributed by atoms with van der Waals surface area (Å²) >= 11 is 0. The Morgan fingerprint density at radius 2 is 2.21 bits per heavy atom. The molecule has 74 valence electrons. The average Bonchev–Trinajstić information content (AvgIpc) is 2.99. The van der Waals surface area contributed by atoms with Crippen LogP contribution in [0.1, 0.15) is 25.5 Å². The predicted molar refractivity (Wildman–Crippen MR) is 52.4 cm³/mol. The Bertz CT molecular complexity index is 352. The van der Waals surface area contributed by atoms with Crippen molar-refractivity contribution in [3.8, 4) is 5.75 Å². The predicted octanol–water partition coefficient (Wildman–Crippen LogP) is 1.71. The Balaban J connectivity index is 2.29. The largest absolute Gasteiger partial charge is 0.495 e. The summed E-state index contributed by atoms with van der Waals surface area (Å²) in [6.07, 6.45) is 3.53. The topological polar surface area (TPSA) is 39.2 Å². The number of carbonyl (C=O) groups is 1. The molecule has 1 aromatic rings. The number of pyridine rings is 1. The lowest BCUT2D eigenvalue weighted by atomic mass is 9.97. The maximum atomic E-state index is 11.4. The van der Waals surface area contributed by atoms with Crippen LogP contribution in [0.2, 0.25) is 0 Å². The number of rotatable bonds is 3. The summed E-state index contributed by atoms with van der Waals surface area (Å²) in [6.45, 7) is 1.64. The van der Waals surface area contributed by atoms with Crippen LogP contribution in [0.3, 0.4) is 0 Å². The molecular formula is C11H13NO2. The highest BCUT2D eigenvalue weighted by molar-refractivity contribution is 5.90. The van der Waals surface area contributed by atoms with E-state index in [1.807, 2.05) is 12.1 Å². The first kappa shape index (κ1) is 9.19. The van der Waals surface area contributed by atoms with Gasteiger partial charge in [0.25, 0.3) is 0 Å². The van der Waals surface area contributed by atoms with E-state index in [0.29, 0.717) is 0 Å². The fourth-order valence-electron chi connectivity index (χ4n) is 1.70. The Hall–Kier alpha value is -1.38. The van der Waals surface area contributed by atoms with Gasteiger partial charge in [-0.1, -0.05) is 0 Å². The van der Waals surface area contributed by atoms with E-state index in [2.05, 4.69) is 4.98 Å². The Morgan fingerprint density at radius 1 is 1.50 bits per heavy atom. The van der Waals surface area contributed by atoms with Crippen molar-refractivity contribution >= 4 is 5.78 Å². The number of nitrogens with zero attached hydrogens (tertiary/aromatic N) is 1. The molecule has 1 fully saturated rings. The lowest BCUT2D eigenvalue weighted by Gasteiger charge is -2.10. The van der Waals surface area contributed by atoms with Crippen LogP contribution in [0.4, 0.5) is 0 Å². The van der Waals surface area contributed by atoms with Crippen molar-refractivity contribution in [2.24, 2.45) is 0 Å². The number of Topliss-reactive ketones (excluding diaryl/α,β-unsaturated/α-hetero) is 1. The zero-order chi connectivity index (χ0) is 10.2. The van der Waals surface area contributed by atoms with Crippen molar-refractivity contribution in [1.82, 2.24) is 4.98 Å². The van der Waals surface area contributed by atoms with Crippen molar-refractivity contribution in [3.05, 3.63) is 24.0 Å². The van der Waals surface area contributed by atoms with Crippen LogP contribution in [0.5, 0.6) is 5.75 Å². The van der Waals surface area contributed by atoms with Gasteiger partial charge in [0.15, 0.2) is 0 Å². The van der Waals surface area contributed by atoms with Gasteiger partial charge in [0.05, 0.1) is 24.4 Å². The van der Waals surface area contributed by atoms with Gasteiger partial charge in [-0.3, -0.25) is 9.78 Å². The summed E-state index contributed by atoms with van der Waals surface area (Å²) in [5, 5.41) is 0. The molecule has 2 rings (SSSR count). The zero-order valence-electron chi connectivity index (χ0n) is 8.41. The molecule has 0 atom stereocenters. The van der Waals surface area contributed by atoms with E-state index in [-0.39, 0.29) is 11.2 Å². The summed E-state index contributed by atoms with van der Waals surface area (Å²) in [5.41, 5.74) is 0.609. The minimum atomic E-state index is -0.272. The first-order chi connectivity index (χ1) is 6.69. The van der Waals surface area contributed by atoms with Crippen molar-refractivity contribution in [1.29, 1.82) is 0 Å². The number of hydrogen-bond acceptors (Lipinski definition) is 3. The fourth-order valence-corrected chi connectivity index (χ4v) is 1.70. The van der Waals surface area contributed by atoms with Crippen molar-refractivity contribution in [3.63, 3.8) is 0 Å². The molecule has 1 aliphatic rings. The van der Waals surface area contributed by atoms with Gasteiger partial charge in [-0.05, 0) is 31.9 Å². The first-order valence-corrected chi connectivity index (χ1v) is 4.70. The van der Waals surface area contributed by atoms with E-state index in [9.17, 15) is 4.79 Å². The molecule has 0 radical (unpaired) electrons. The van der Waals surface area contributed by atoms with Crippen molar-refractivity contribution in [2.45, 2.75) is 25.2 Å². The third-order valence-corrected chi connectivity index (χ3v) is 2.89. The Morgan fingerprint density at radius 3 is 2.57 bits per heavy atom. The minimum absolute atomic E-state index is 0.218.